The third-order valence-electron chi connectivity index (χ3n) is 4.02. The molecule has 0 saturated carbocycles. The van der Waals surface area contributed by atoms with E-state index in [9.17, 15) is 0 Å². The standard InChI is InChI=1S/C15H22N6/c1-3-4-8-21-14-11-19(2)17-9-13(14)18-15(21)20-7-5-6-12(16)10-20/h9,11-12,15H,5-8,10,16H2,1-2H3. The Hall–Kier alpha value is -1.84. The van der Waals surface area contributed by atoms with Gasteiger partial charge in [0.25, 0.3) is 0 Å². The summed E-state index contributed by atoms with van der Waals surface area (Å²) in [6, 6.07) is 0.242. The van der Waals surface area contributed by atoms with E-state index in [-0.39, 0.29) is 12.3 Å². The molecule has 1 saturated heterocycles. The minimum absolute atomic E-state index is 0.00333. The first kappa shape index (κ1) is 14.1. The van der Waals surface area contributed by atoms with Crippen molar-refractivity contribution >= 4 is 11.9 Å². The monoisotopic (exact) mass is 286 g/mol. The number of piperidine rings is 1. The van der Waals surface area contributed by atoms with Crippen molar-refractivity contribution in [2.24, 2.45) is 15.8 Å². The van der Waals surface area contributed by atoms with Crippen LogP contribution < -0.4 is 5.73 Å². The van der Waals surface area contributed by atoms with Crippen molar-refractivity contribution in [3.05, 3.63) is 11.9 Å². The number of fused-ring (bicyclic) bond motifs is 1. The number of likely N-dealkylation sites (tertiary alicyclic amines) is 1. The van der Waals surface area contributed by atoms with Crippen LogP contribution in [-0.2, 0) is 0 Å². The Balaban J connectivity index is 1.86. The van der Waals surface area contributed by atoms with Gasteiger partial charge in [-0.1, -0.05) is 5.92 Å². The Bertz CT molecular complexity index is 552. The van der Waals surface area contributed by atoms with Crippen molar-refractivity contribution in [3.63, 3.8) is 0 Å². The van der Waals surface area contributed by atoms with Gasteiger partial charge in [-0.25, -0.2) is 4.99 Å². The topological polar surface area (TPSA) is 60.5 Å². The van der Waals surface area contributed by atoms with Gasteiger partial charge in [0, 0.05) is 32.4 Å². The molecule has 0 radical (unpaired) electrons. The maximum Gasteiger partial charge on any atom is 0.180 e. The molecule has 2 atom stereocenters. The second kappa shape index (κ2) is 5.88. The average molecular weight is 286 g/mol. The molecule has 0 aliphatic carbocycles. The molecule has 0 bridgehead atoms. The van der Waals surface area contributed by atoms with Crippen LogP contribution in [0.5, 0.6) is 0 Å². The number of hydrazone groups is 1. The van der Waals surface area contributed by atoms with Crippen molar-refractivity contribution in [1.82, 2.24) is 14.8 Å². The second-order valence-corrected chi connectivity index (χ2v) is 5.65. The number of nitrogens with two attached hydrogens (primary N) is 1. The number of hydrogen-bond acceptors (Lipinski definition) is 6. The summed E-state index contributed by atoms with van der Waals surface area (Å²) >= 11 is 0. The first-order chi connectivity index (χ1) is 10.2. The van der Waals surface area contributed by atoms with Crippen LogP contribution in [0.3, 0.4) is 0 Å². The van der Waals surface area contributed by atoms with Gasteiger partial charge in [-0.2, -0.15) is 5.10 Å². The first-order valence-corrected chi connectivity index (χ1v) is 7.41. The zero-order valence-corrected chi connectivity index (χ0v) is 12.7. The molecule has 6 heteroatoms. The predicted molar refractivity (Wildman–Crippen MR) is 84.5 cm³/mol. The summed E-state index contributed by atoms with van der Waals surface area (Å²) in [5.41, 5.74) is 8.16. The third kappa shape index (κ3) is 2.80. The van der Waals surface area contributed by atoms with E-state index in [0.29, 0.717) is 6.54 Å². The fourth-order valence-corrected chi connectivity index (χ4v) is 2.99. The zero-order valence-electron chi connectivity index (χ0n) is 12.7. The number of nitrogens with zero attached hydrogens (tertiary/aromatic N) is 5. The molecule has 3 rings (SSSR count). The molecule has 3 aliphatic rings. The van der Waals surface area contributed by atoms with Crippen molar-refractivity contribution in [3.8, 4) is 11.8 Å². The highest BCUT2D eigenvalue weighted by Crippen LogP contribution is 2.27. The van der Waals surface area contributed by atoms with Crippen LogP contribution >= 0.6 is 0 Å². The lowest BCUT2D eigenvalue weighted by molar-refractivity contribution is 0.0694. The minimum atomic E-state index is -0.00333. The van der Waals surface area contributed by atoms with Gasteiger partial charge in [0.2, 0.25) is 0 Å². The smallest absolute Gasteiger partial charge is 0.180 e. The summed E-state index contributed by atoms with van der Waals surface area (Å²) in [4.78, 5) is 9.43. The summed E-state index contributed by atoms with van der Waals surface area (Å²) in [7, 11) is 1.92. The summed E-state index contributed by atoms with van der Waals surface area (Å²) in [6.45, 7) is 4.46. The average Bonchev–Trinajstić information content (AvgIpc) is 2.83. The molecule has 0 aromatic heterocycles. The minimum Gasteiger partial charge on any atom is -0.327 e. The van der Waals surface area contributed by atoms with Crippen molar-refractivity contribution in [2.45, 2.75) is 32.1 Å². The molecule has 6 nitrogen and oxygen atoms in total. The van der Waals surface area contributed by atoms with Crippen LogP contribution in [0.4, 0.5) is 0 Å². The van der Waals surface area contributed by atoms with E-state index in [1.54, 1.807) is 0 Å². The maximum atomic E-state index is 6.12. The Morgan fingerprint density at radius 3 is 3.10 bits per heavy atom. The Labute approximate surface area is 126 Å². The fourth-order valence-electron chi connectivity index (χ4n) is 2.99. The number of aliphatic imine (C=N–C) groups is 1. The van der Waals surface area contributed by atoms with Crippen LogP contribution in [-0.4, -0.2) is 65.7 Å². The van der Waals surface area contributed by atoms with Gasteiger partial charge in [0.15, 0.2) is 6.29 Å². The number of allylic oxidation sites excluding steroid dienone is 1. The lowest BCUT2D eigenvalue weighted by atomic mass is 10.1. The van der Waals surface area contributed by atoms with Crippen LogP contribution in [0.1, 0.15) is 19.8 Å². The molecule has 3 aliphatic heterocycles. The molecule has 1 fully saturated rings. The Morgan fingerprint density at radius 2 is 2.33 bits per heavy atom. The van der Waals surface area contributed by atoms with Gasteiger partial charge in [0.1, 0.15) is 5.71 Å². The highest BCUT2D eigenvalue weighted by atomic mass is 15.5. The number of rotatable bonds is 2. The largest absolute Gasteiger partial charge is 0.327 e. The second-order valence-electron chi connectivity index (χ2n) is 5.65. The molecular weight excluding hydrogens is 264 g/mol. The van der Waals surface area contributed by atoms with E-state index in [1.165, 1.54) is 0 Å². The summed E-state index contributed by atoms with van der Waals surface area (Å²) < 4.78 is 0. The van der Waals surface area contributed by atoms with E-state index < -0.39 is 0 Å². The maximum absolute atomic E-state index is 6.12. The molecule has 2 N–H and O–H groups in total. The van der Waals surface area contributed by atoms with Gasteiger partial charge in [-0.15, -0.1) is 5.92 Å². The van der Waals surface area contributed by atoms with Gasteiger partial charge >= 0.3 is 0 Å². The zero-order chi connectivity index (χ0) is 14.8. The van der Waals surface area contributed by atoms with E-state index in [0.717, 1.165) is 37.3 Å². The highest BCUT2D eigenvalue weighted by Gasteiger charge is 2.36. The molecule has 0 aromatic carbocycles. The fraction of sp³-hybridized carbons (Fsp3) is 0.600. The van der Waals surface area contributed by atoms with Gasteiger partial charge < -0.3 is 10.6 Å². The van der Waals surface area contributed by atoms with Crippen LogP contribution in [0, 0.1) is 11.8 Å². The molecule has 0 aromatic rings. The van der Waals surface area contributed by atoms with Crippen LogP contribution in [0.2, 0.25) is 0 Å². The molecule has 2 unspecified atom stereocenters. The van der Waals surface area contributed by atoms with Gasteiger partial charge in [0.05, 0.1) is 18.5 Å². The molecule has 3 heterocycles. The van der Waals surface area contributed by atoms with E-state index in [4.69, 9.17) is 10.7 Å². The van der Waals surface area contributed by atoms with Crippen LogP contribution in [0.25, 0.3) is 0 Å². The summed E-state index contributed by atoms with van der Waals surface area (Å²) in [5.74, 6) is 6.13. The first-order valence-electron chi connectivity index (χ1n) is 7.41. The van der Waals surface area contributed by atoms with Crippen molar-refractivity contribution in [2.75, 3.05) is 26.7 Å². The number of hydrogen-bond donors (Lipinski definition) is 1. The lowest BCUT2D eigenvalue weighted by Gasteiger charge is -2.38. The Kier molecular flexibility index (Phi) is 3.95. The normalized spacial score (nSPS) is 28.7. The SMILES string of the molecule is CC#CCN1C2=CN(C)N=CC2=NC1N1CCCC(N)C1. The summed E-state index contributed by atoms with van der Waals surface area (Å²) in [5, 5.41) is 6.09. The Morgan fingerprint density at radius 1 is 1.48 bits per heavy atom. The van der Waals surface area contributed by atoms with Gasteiger partial charge in [-0.3, -0.25) is 9.91 Å². The van der Waals surface area contributed by atoms with E-state index in [2.05, 4.69) is 26.7 Å². The quantitative estimate of drug-likeness (QED) is 0.739. The lowest BCUT2D eigenvalue weighted by Crippen LogP contribution is -2.52. The molecule has 21 heavy (non-hydrogen) atoms. The molecule has 0 amide bonds. The van der Waals surface area contributed by atoms with Crippen molar-refractivity contribution in [1.29, 1.82) is 0 Å². The molecule has 0 spiro atoms. The van der Waals surface area contributed by atoms with Gasteiger partial charge in [-0.05, 0) is 19.8 Å². The van der Waals surface area contributed by atoms with Crippen molar-refractivity contribution < 1.29 is 0 Å². The highest BCUT2D eigenvalue weighted by molar-refractivity contribution is 6.39. The van der Waals surface area contributed by atoms with E-state index in [1.807, 2.05) is 31.4 Å². The molecule has 112 valence electrons. The summed E-state index contributed by atoms with van der Waals surface area (Å²) in [6.07, 6.45) is 6.06. The van der Waals surface area contributed by atoms with E-state index >= 15 is 0 Å². The third-order valence-corrected chi connectivity index (χ3v) is 4.02. The predicted octanol–water partition coefficient (Wildman–Crippen LogP) is 0.246. The van der Waals surface area contributed by atoms with Crippen LogP contribution in [0.15, 0.2) is 22.0 Å². The molecular formula is C15H22N6.